The van der Waals surface area contributed by atoms with Crippen molar-refractivity contribution in [3.05, 3.63) is 59.3 Å². The predicted octanol–water partition coefficient (Wildman–Crippen LogP) is 4.63. The number of anilines is 2. The second kappa shape index (κ2) is 9.66. The molecule has 1 heterocycles. The van der Waals surface area contributed by atoms with Crippen LogP contribution in [0.15, 0.2) is 36.4 Å². The van der Waals surface area contributed by atoms with Gasteiger partial charge in [0.1, 0.15) is 12.4 Å². The Hall–Kier alpha value is -2.96. The summed E-state index contributed by atoms with van der Waals surface area (Å²) in [6, 6.07) is 5.71. The molecule has 5 nitrogen and oxygen atoms in total. The number of aromatic nitrogens is 1. The molecule has 0 atom stereocenters. The molecule has 0 saturated carbocycles. The average molecular weight is 375 g/mol. The number of nitrogen functional groups attached to an aromatic ring is 1. The van der Waals surface area contributed by atoms with Crippen LogP contribution in [0.2, 0.25) is 0 Å². The van der Waals surface area contributed by atoms with E-state index in [0.717, 1.165) is 19.3 Å². The highest BCUT2D eigenvalue weighted by molar-refractivity contribution is 6.07. The van der Waals surface area contributed by atoms with E-state index >= 15 is 0 Å². The summed E-state index contributed by atoms with van der Waals surface area (Å²) in [5.41, 5.74) is 5.67. The molecule has 27 heavy (non-hydrogen) atoms. The Morgan fingerprint density at radius 3 is 2.85 bits per heavy atom. The van der Waals surface area contributed by atoms with Crippen LogP contribution in [0.3, 0.4) is 0 Å². The van der Waals surface area contributed by atoms with Crippen molar-refractivity contribution in [1.82, 2.24) is 4.98 Å². The van der Waals surface area contributed by atoms with Crippen LogP contribution in [0, 0.1) is 18.7 Å². The molecule has 0 aliphatic heterocycles. The molecule has 1 aromatic heterocycles. The van der Waals surface area contributed by atoms with Gasteiger partial charge < -0.3 is 15.8 Å². The second-order valence-corrected chi connectivity index (χ2v) is 6.03. The fourth-order valence-electron chi connectivity index (χ4n) is 2.34. The third kappa shape index (κ3) is 5.51. The molecule has 0 aliphatic carbocycles. The molecule has 7 heteroatoms. The number of rotatable bonds is 8. The van der Waals surface area contributed by atoms with Crippen molar-refractivity contribution in [1.29, 1.82) is 0 Å². The van der Waals surface area contributed by atoms with Crippen LogP contribution in [0.1, 0.15) is 42.1 Å². The van der Waals surface area contributed by atoms with E-state index in [0.29, 0.717) is 0 Å². The molecule has 0 fully saturated rings. The standard InChI is InChI=1S/C20H23F2N3O2/c1-3-4-5-6-7-11-27-16-10-8-9-15(17(16)21)24-20(26)14-12-13(2)18(22)25-19(14)23/h6-10,12H,3-5,11H2,1-2H3,(H2,23,25)(H,24,26). The summed E-state index contributed by atoms with van der Waals surface area (Å²) in [7, 11) is 0. The zero-order valence-corrected chi connectivity index (χ0v) is 15.4. The molecule has 1 aromatic carbocycles. The molecule has 1 amide bonds. The Bertz CT molecular complexity index is 838. The number of hydrogen-bond acceptors (Lipinski definition) is 4. The minimum Gasteiger partial charge on any atom is -0.486 e. The summed E-state index contributed by atoms with van der Waals surface area (Å²) < 4.78 is 33.3. The Morgan fingerprint density at radius 2 is 2.11 bits per heavy atom. The van der Waals surface area contributed by atoms with Crippen LogP contribution in [-0.2, 0) is 0 Å². The van der Waals surface area contributed by atoms with Gasteiger partial charge in [-0.3, -0.25) is 4.79 Å². The third-order valence-corrected chi connectivity index (χ3v) is 3.86. The number of hydrogen-bond donors (Lipinski definition) is 2. The highest BCUT2D eigenvalue weighted by Gasteiger charge is 2.17. The normalized spacial score (nSPS) is 11.0. The van der Waals surface area contributed by atoms with Crippen molar-refractivity contribution in [3.8, 4) is 5.75 Å². The number of carbonyl (C=O) groups is 1. The van der Waals surface area contributed by atoms with E-state index < -0.39 is 17.7 Å². The number of benzene rings is 1. The Kier molecular flexibility index (Phi) is 7.28. The van der Waals surface area contributed by atoms with Crippen molar-refractivity contribution < 1.29 is 18.3 Å². The van der Waals surface area contributed by atoms with Crippen LogP contribution in [0.25, 0.3) is 0 Å². The molecule has 0 unspecified atom stereocenters. The molecule has 0 spiro atoms. The van der Waals surface area contributed by atoms with Gasteiger partial charge in [-0.2, -0.15) is 4.39 Å². The Labute approximate surface area is 157 Å². The summed E-state index contributed by atoms with van der Waals surface area (Å²) in [6.07, 6.45) is 6.96. The van der Waals surface area contributed by atoms with Crippen LogP contribution in [0.5, 0.6) is 5.75 Å². The minimum atomic E-state index is -0.752. The largest absolute Gasteiger partial charge is 0.486 e. The number of unbranched alkanes of at least 4 members (excludes halogenated alkanes) is 2. The number of nitrogens with two attached hydrogens (primary N) is 1. The summed E-state index contributed by atoms with van der Waals surface area (Å²) in [6.45, 7) is 3.80. The van der Waals surface area contributed by atoms with Gasteiger partial charge >= 0.3 is 0 Å². The van der Waals surface area contributed by atoms with E-state index in [-0.39, 0.29) is 35.0 Å². The predicted molar refractivity (Wildman–Crippen MR) is 102 cm³/mol. The fraction of sp³-hybridized carbons (Fsp3) is 0.300. The molecule has 2 rings (SSSR count). The molecule has 0 saturated heterocycles. The molecule has 0 aliphatic rings. The summed E-state index contributed by atoms with van der Waals surface area (Å²) in [5, 5.41) is 2.42. The smallest absolute Gasteiger partial charge is 0.259 e. The maximum atomic E-state index is 14.6. The number of halogens is 2. The average Bonchev–Trinajstić information content (AvgIpc) is 2.63. The first kappa shape index (κ1) is 20.4. The maximum absolute atomic E-state index is 14.6. The number of allylic oxidation sites excluding steroid dienone is 1. The van der Waals surface area contributed by atoms with Crippen molar-refractivity contribution in [2.45, 2.75) is 33.1 Å². The van der Waals surface area contributed by atoms with Gasteiger partial charge in [-0.1, -0.05) is 38.0 Å². The molecular formula is C20H23F2N3O2. The minimum absolute atomic E-state index is 0.0225. The highest BCUT2D eigenvalue weighted by Crippen LogP contribution is 2.25. The maximum Gasteiger partial charge on any atom is 0.259 e. The second-order valence-electron chi connectivity index (χ2n) is 6.03. The molecule has 3 N–H and O–H groups in total. The van der Waals surface area contributed by atoms with Gasteiger partial charge in [-0.25, -0.2) is 9.37 Å². The lowest BCUT2D eigenvalue weighted by atomic mass is 10.1. The van der Waals surface area contributed by atoms with E-state index in [2.05, 4.69) is 17.2 Å². The van der Waals surface area contributed by atoms with Gasteiger partial charge in [0.25, 0.3) is 5.91 Å². The van der Waals surface area contributed by atoms with E-state index in [1.54, 1.807) is 6.07 Å². The number of amides is 1. The topological polar surface area (TPSA) is 77.2 Å². The third-order valence-electron chi connectivity index (χ3n) is 3.86. The zero-order valence-electron chi connectivity index (χ0n) is 15.4. The first-order chi connectivity index (χ1) is 12.9. The van der Waals surface area contributed by atoms with Crippen LogP contribution in [-0.4, -0.2) is 17.5 Å². The summed E-state index contributed by atoms with van der Waals surface area (Å²) in [4.78, 5) is 15.8. The zero-order chi connectivity index (χ0) is 19.8. The lowest BCUT2D eigenvalue weighted by Crippen LogP contribution is -2.17. The first-order valence-corrected chi connectivity index (χ1v) is 8.74. The summed E-state index contributed by atoms with van der Waals surface area (Å²) >= 11 is 0. The van der Waals surface area contributed by atoms with Gasteiger partial charge in [0, 0.05) is 5.56 Å². The van der Waals surface area contributed by atoms with Gasteiger partial charge in [-0.15, -0.1) is 0 Å². The van der Waals surface area contributed by atoms with Crippen LogP contribution < -0.4 is 15.8 Å². The van der Waals surface area contributed by atoms with Crippen molar-refractivity contribution in [2.75, 3.05) is 17.7 Å². The Balaban J connectivity index is 2.08. The fourth-order valence-corrected chi connectivity index (χ4v) is 2.34. The van der Waals surface area contributed by atoms with Gasteiger partial charge in [-0.05, 0) is 31.5 Å². The quantitative estimate of drug-likeness (QED) is 0.401. The number of aryl methyl sites for hydroxylation is 1. The number of pyridine rings is 1. The van der Waals surface area contributed by atoms with Gasteiger partial charge in [0.15, 0.2) is 11.6 Å². The molecule has 144 valence electrons. The number of ether oxygens (including phenoxy) is 1. The monoisotopic (exact) mass is 375 g/mol. The highest BCUT2D eigenvalue weighted by atomic mass is 19.1. The van der Waals surface area contributed by atoms with Gasteiger partial charge in [0.05, 0.1) is 11.3 Å². The summed E-state index contributed by atoms with van der Waals surface area (Å²) in [5.74, 6) is -2.37. The molecule has 2 aromatic rings. The lowest BCUT2D eigenvalue weighted by Gasteiger charge is -2.11. The van der Waals surface area contributed by atoms with Crippen LogP contribution in [0.4, 0.5) is 20.3 Å². The number of nitrogens with zero attached hydrogens (tertiary/aromatic N) is 1. The number of nitrogens with one attached hydrogen (secondary N) is 1. The van der Waals surface area contributed by atoms with E-state index in [4.69, 9.17) is 10.5 Å². The van der Waals surface area contributed by atoms with E-state index in [1.807, 2.05) is 12.2 Å². The Morgan fingerprint density at radius 1 is 1.33 bits per heavy atom. The molecular weight excluding hydrogens is 352 g/mol. The first-order valence-electron chi connectivity index (χ1n) is 8.74. The van der Waals surface area contributed by atoms with E-state index in [1.165, 1.54) is 25.1 Å². The lowest BCUT2D eigenvalue weighted by molar-refractivity contribution is 0.102. The van der Waals surface area contributed by atoms with Gasteiger partial charge in [0.2, 0.25) is 5.95 Å². The molecule has 0 radical (unpaired) electrons. The number of carbonyl (C=O) groups excluding carboxylic acids is 1. The van der Waals surface area contributed by atoms with Crippen molar-refractivity contribution in [2.24, 2.45) is 0 Å². The van der Waals surface area contributed by atoms with E-state index in [9.17, 15) is 13.6 Å². The SMILES string of the molecule is CCCCC=CCOc1cccc(NC(=O)c2cc(C)c(F)nc2N)c1F. The van der Waals surface area contributed by atoms with Crippen LogP contribution >= 0.6 is 0 Å². The van der Waals surface area contributed by atoms with Crippen molar-refractivity contribution >= 4 is 17.4 Å². The van der Waals surface area contributed by atoms with Crippen molar-refractivity contribution in [3.63, 3.8) is 0 Å². The molecule has 0 bridgehead atoms.